The number of hydrogen-bond acceptors (Lipinski definition) is 7. The minimum absolute atomic E-state index is 0.217. The zero-order valence-electron chi connectivity index (χ0n) is 23.1. The van der Waals surface area contributed by atoms with Gasteiger partial charge in [-0.1, -0.05) is 60.7 Å². The summed E-state index contributed by atoms with van der Waals surface area (Å²) in [5.74, 6) is -2.81. The van der Waals surface area contributed by atoms with Gasteiger partial charge in [-0.05, 0) is 53.7 Å². The normalized spacial score (nSPS) is 11.8. The second-order valence-corrected chi connectivity index (χ2v) is 11.2. The first-order valence-corrected chi connectivity index (χ1v) is 12.8. The van der Waals surface area contributed by atoms with E-state index < -0.39 is 29.1 Å². The molecule has 39 heavy (non-hydrogen) atoms. The van der Waals surface area contributed by atoms with E-state index in [1.807, 2.05) is 60.7 Å². The number of esters is 2. The molecule has 2 aromatic carbocycles. The number of aromatic nitrogens is 2. The van der Waals surface area contributed by atoms with Crippen molar-refractivity contribution in [3.8, 4) is 0 Å². The average Bonchev–Trinajstić information content (AvgIpc) is 2.86. The van der Waals surface area contributed by atoms with Crippen LogP contribution in [0.3, 0.4) is 0 Å². The van der Waals surface area contributed by atoms with Gasteiger partial charge in [0.1, 0.15) is 16.9 Å². The molecule has 2 aromatic heterocycles. The summed E-state index contributed by atoms with van der Waals surface area (Å²) >= 11 is 0. The fourth-order valence-electron chi connectivity index (χ4n) is 3.95. The van der Waals surface area contributed by atoms with E-state index in [4.69, 9.17) is 19.5 Å². The number of rotatable bonds is 6. The largest absolute Gasteiger partial charge is 0.459 e. The lowest BCUT2D eigenvalue weighted by atomic mass is 10.0. The fraction of sp³-hybridized carbons (Fsp3) is 0.281. The summed E-state index contributed by atoms with van der Waals surface area (Å²) < 4.78 is 11.2. The first-order chi connectivity index (χ1) is 18.4. The molecule has 0 amide bonds. The van der Waals surface area contributed by atoms with Crippen LogP contribution < -0.4 is 0 Å². The molecule has 0 fully saturated rings. The van der Waals surface area contributed by atoms with Gasteiger partial charge in [-0.3, -0.25) is 14.6 Å². The monoisotopic (exact) mass is 523 g/mol. The Morgan fingerprint density at radius 2 is 1.23 bits per heavy atom. The highest BCUT2D eigenvalue weighted by molar-refractivity contribution is 6.14. The predicted molar refractivity (Wildman–Crippen MR) is 152 cm³/mol. The van der Waals surface area contributed by atoms with E-state index in [2.05, 4.69) is 4.98 Å². The Hall–Kier alpha value is -4.39. The zero-order chi connectivity index (χ0) is 28.2. The van der Waals surface area contributed by atoms with E-state index in [1.165, 1.54) is 0 Å². The van der Waals surface area contributed by atoms with Gasteiger partial charge in [0.25, 0.3) is 0 Å². The molecule has 0 radical (unpaired) electrons. The number of carbonyl (C=O) groups is 2. The summed E-state index contributed by atoms with van der Waals surface area (Å²) in [6.45, 7) is 10.5. The van der Waals surface area contributed by atoms with Crippen LogP contribution in [0.25, 0.3) is 10.9 Å². The van der Waals surface area contributed by atoms with Crippen LogP contribution in [0.15, 0.2) is 90.2 Å². The minimum atomic E-state index is -1.36. The molecule has 7 nitrogen and oxygen atoms in total. The van der Waals surface area contributed by atoms with Crippen LogP contribution in [0.1, 0.15) is 64.3 Å². The summed E-state index contributed by atoms with van der Waals surface area (Å²) in [5, 5.41) is 0.715. The molecule has 0 atom stereocenters. The van der Waals surface area contributed by atoms with Crippen molar-refractivity contribution < 1.29 is 19.1 Å². The van der Waals surface area contributed by atoms with Crippen LogP contribution >= 0.6 is 0 Å². The number of fused-ring (bicyclic) bond motifs is 1. The molecule has 0 saturated heterocycles. The van der Waals surface area contributed by atoms with Crippen LogP contribution in [-0.2, 0) is 19.1 Å². The molecule has 2 heterocycles. The van der Waals surface area contributed by atoms with Gasteiger partial charge >= 0.3 is 11.9 Å². The minimum Gasteiger partial charge on any atom is -0.459 e. The number of carbonyl (C=O) groups excluding carboxylic acids is 2. The number of pyridine rings is 2. The van der Waals surface area contributed by atoms with E-state index in [9.17, 15) is 9.59 Å². The third-order valence-corrected chi connectivity index (χ3v) is 5.51. The van der Waals surface area contributed by atoms with E-state index in [0.29, 0.717) is 16.6 Å². The Morgan fingerprint density at radius 1 is 0.718 bits per heavy atom. The number of benzene rings is 2. The zero-order valence-corrected chi connectivity index (χ0v) is 23.1. The lowest BCUT2D eigenvalue weighted by molar-refractivity contribution is -0.169. The third-order valence-electron chi connectivity index (χ3n) is 5.51. The Labute approximate surface area is 228 Å². The molecule has 0 aliphatic rings. The highest BCUT2D eigenvalue weighted by atomic mass is 16.6. The Morgan fingerprint density at radius 3 is 1.72 bits per heavy atom. The number of hydrogen-bond donors (Lipinski definition) is 0. The molecule has 0 unspecified atom stereocenters. The average molecular weight is 524 g/mol. The summed E-state index contributed by atoms with van der Waals surface area (Å²) in [7, 11) is 0. The highest BCUT2D eigenvalue weighted by Gasteiger charge is 2.37. The van der Waals surface area contributed by atoms with Crippen LogP contribution in [-0.4, -0.2) is 38.8 Å². The van der Waals surface area contributed by atoms with E-state index >= 15 is 0 Å². The molecule has 4 rings (SSSR count). The van der Waals surface area contributed by atoms with E-state index in [1.54, 1.807) is 66.1 Å². The maximum absolute atomic E-state index is 13.3. The number of ether oxygens (including phenoxy) is 2. The first-order valence-electron chi connectivity index (χ1n) is 12.8. The Kier molecular flexibility index (Phi) is 7.90. The summed E-state index contributed by atoms with van der Waals surface area (Å²) in [6, 6.07) is 23.1. The van der Waals surface area contributed by atoms with Gasteiger partial charge in [-0.15, -0.1) is 0 Å². The van der Waals surface area contributed by atoms with Crippen molar-refractivity contribution in [2.75, 3.05) is 0 Å². The van der Waals surface area contributed by atoms with Gasteiger partial charge < -0.3 is 9.47 Å². The molecule has 200 valence electrons. The van der Waals surface area contributed by atoms with Gasteiger partial charge in [0, 0.05) is 22.7 Å². The van der Waals surface area contributed by atoms with Crippen molar-refractivity contribution in [2.45, 2.75) is 58.7 Å². The lowest BCUT2D eigenvalue weighted by Crippen LogP contribution is -2.36. The van der Waals surface area contributed by atoms with Crippen molar-refractivity contribution in [2.24, 2.45) is 4.99 Å². The smallest absolute Gasteiger partial charge is 0.327 e. The van der Waals surface area contributed by atoms with Gasteiger partial charge in [0.2, 0.25) is 0 Å². The van der Waals surface area contributed by atoms with Crippen molar-refractivity contribution in [1.29, 1.82) is 0 Å². The first kappa shape index (κ1) is 27.6. The molecular formula is C32H33N3O4. The quantitative estimate of drug-likeness (QED) is 0.161. The SMILES string of the molecule is CC(C)(C)OC(=O)C(C(=O)OC(C)(C)C)c1ccc2cncc(N=C(c3ccccc3)c3ccccc3)c2n1. The van der Waals surface area contributed by atoms with Crippen LogP contribution in [0.4, 0.5) is 5.69 Å². The molecule has 0 saturated carbocycles. The van der Waals surface area contributed by atoms with Crippen molar-refractivity contribution >= 4 is 34.2 Å². The molecule has 7 heteroatoms. The van der Waals surface area contributed by atoms with E-state index in [-0.39, 0.29) is 5.69 Å². The van der Waals surface area contributed by atoms with Crippen molar-refractivity contribution in [3.05, 3.63) is 102 Å². The van der Waals surface area contributed by atoms with Gasteiger partial charge in [0.15, 0.2) is 5.92 Å². The standard InChI is InChI=1S/C32H33N3O4/c1-31(2,3)38-29(36)26(30(37)39-32(4,5)6)24-18-17-23-19-33-20-25(28(23)34-24)35-27(21-13-9-7-10-14-21)22-15-11-8-12-16-22/h7-20,26H,1-6H3. The fourth-order valence-corrected chi connectivity index (χ4v) is 3.95. The summed E-state index contributed by atoms with van der Waals surface area (Å²) in [4.78, 5) is 40.6. The molecule has 4 aromatic rings. The second-order valence-electron chi connectivity index (χ2n) is 11.2. The van der Waals surface area contributed by atoms with Crippen molar-refractivity contribution in [1.82, 2.24) is 9.97 Å². The Balaban J connectivity index is 1.87. The third kappa shape index (κ3) is 7.13. The molecule has 0 N–H and O–H groups in total. The maximum atomic E-state index is 13.3. The van der Waals surface area contributed by atoms with Gasteiger partial charge in [0.05, 0.1) is 23.1 Å². The molecular weight excluding hydrogens is 490 g/mol. The summed E-state index contributed by atoms with van der Waals surface area (Å²) in [5.41, 5.74) is 2.23. The van der Waals surface area contributed by atoms with Gasteiger partial charge in [-0.2, -0.15) is 0 Å². The highest BCUT2D eigenvalue weighted by Crippen LogP contribution is 2.30. The number of aliphatic imine (C=N–C) groups is 1. The van der Waals surface area contributed by atoms with Gasteiger partial charge in [-0.25, -0.2) is 9.98 Å². The second kappa shape index (κ2) is 11.2. The molecule has 0 aliphatic heterocycles. The van der Waals surface area contributed by atoms with Crippen LogP contribution in [0.2, 0.25) is 0 Å². The van der Waals surface area contributed by atoms with Crippen molar-refractivity contribution in [3.63, 3.8) is 0 Å². The van der Waals surface area contributed by atoms with Crippen LogP contribution in [0, 0.1) is 0 Å². The maximum Gasteiger partial charge on any atom is 0.327 e. The van der Waals surface area contributed by atoms with Crippen LogP contribution in [0.5, 0.6) is 0 Å². The molecule has 0 aliphatic carbocycles. The van der Waals surface area contributed by atoms with E-state index in [0.717, 1.165) is 16.8 Å². The Bertz CT molecular complexity index is 1430. The molecule has 0 bridgehead atoms. The predicted octanol–water partition coefficient (Wildman–Crippen LogP) is 6.57. The number of nitrogens with zero attached hydrogens (tertiary/aromatic N) is 3. The lowest BCUT2D eigenvalue weighted by Gasteiger charge is -2.26. The summed E-state index contributed by atoms with van der Waals surface area (Å²) in [6.07, 6.45) is 3.30. The molecule has 0 spiro atoms. The topological polar surface area (TPSA) is 90.7 Å².